The third-order valence-corrected chi connectivity index (χ3v) is 2.77. The highest BCUT2D eigenvalue weighted by atomic mass is 14.9. The summed E-state index contributed by atoms with van der Waals surface area (Å²) in [5.74, 6) is 0.836. The van der Waals surface area contributed by atoms with Crippen LogP contribution in [0.4, 0.5) is 0 Å². The van der Waals surface area contributed by atoms with Gasteiger partial charge in [0.15, 0.2) is 0 Å². The molecule has 0 bridgehead atoms. The Hall–Kier alpha value is -0.300. The summed E-state index contributed by atoms with van der Waals surface area (Å²) >= 11 is 0. The maximum atomic E-state index is 3.85. The molecule has 0 heterocycles. The zero-order valence-electron chi connectivity index (χ0n) is 10.2. The highest BCUT2D eigenvalue weighted by Gasteiger charge is 2.17. The molecule has 84 valence electrons. The molecular formula is C13H27N. The maximum absolute atomic E-state index is 3.85. The minimum absolute atomic E-state index is 0.650. The van der Waals surface area contributed by atoms with Crippen molar-refractivity contribution in [3.05, 3.63) is 12.7 Å². The van der Waals surface area contributed by atoms with Crippen molar-refractivity contribution in [3.63, 3.8) is 0 Å². The van der Waals surface area contributed by atoms with Gasteiger partial charge < -0.3 is 5.32 Å². The molecule has 0 radical (unpaired) electrons. The molecule has 0 fully saturated rings. The van der Waals surface area contributed by atoms with Crippen LogP contribution in [-0.2, 0) is 0 Å². The monoisotopic (exact) mass is 197 g/mol. The first-order chi connectivity index (χ1) is 6.79. The predicted molar refractivity (Wildman–Crippen MR) is 65.6 cm³/mol. The normalized spacial score (nSPS) is 13.1. The van der Waals surface area contributed by atoms with Gasteiger partial charge in [-0.2, -0.15) is 0 Å². The van der Waals surface area contributed by atoms with E-state index in [1.807, 2.05) is 6.08 Å². The summed E-state index contributed by atoms with van der Waals surface area (Å²) < 4.78 is 0. The lowest BCUT2D eigenvalue weighted by atomic mass is 9.88. The molecule has 0 aromatic carbocycles. The Kier molecular flexibility index (Phi) is 9.06. The molecule has 0 saturated heterocycles. The lowest BCUT2D eigenvalue weighted by Crippen LogP contribution is -2.35. The zero-order valence-corrected chi connectivity index (χ0v) is 10.2. The van der Waals surface area contributed by atoms with E-state index in [1.165, 1.54) is 25.7 Å². The highest BCUT2D eigenvalue weighted by Crippen LogP contribution is 2.20. The first kappa shape index (κ1) is 13.7. The summed E-state index contributed by atoms with van der Waals surface area (Å²) in [4.78, 5) is 0. The maximum Gasteiger partial charge on any atom is 0.0130 e. The van der Waals surface area contributed by atoms with E-state index >= 15 is 0 Å². The van der Waals surface area contributed by atoms with Crippen molar-refractivity contribution in [2.24, 2.45) is 5.92 Å². The summed E-state index contributed by atoms with van der Waals surface area (Å²) in [5.41, 5.74) is 0. The fourth-order valence-electron chi connectivity index (χ4n) is 2.17. The Labute approximate surface area is 90.0 Å². The van der Waals surface area contributed by atoms with Gasteiger partial charge in [-0.1, -0.05) is 39.7 Å². The second kappa shape index (κ2) is 9.26. The van der Waals surface area contributed by atoms with Gasteiger partial charge in [-0.25, -0.2) is 0 Å². The molecule has 0 amide bonds. The van der Waals surface area contributed by atoms with Crippen molar-refractivity contribution in [1.29, 1.82) is 0 Å². The van der Waals surface area contributed by atoms with Crippen LogP contribution in [0.15, 0.2) is 12.7 Å². The molecule has 14 heavy (non-hydrogen) atoms. The topological polar surface area (TPSA) is 12.0 Å². The number of hydrogen-bond donors (Lipinski definition) is 1. The van der Waals surface area contributed by atoms with E-state index in [1.54, 1.807) is 0 Å². The lowest BCUT2D eigenvalue weighted by molar-refractivity contribution is 0.316. The van der Waals surface area contributed by atoms with Crippen molar-refractivity contribution in [2.75, 3.05) is 6.54 Å². The van der Waals surface area contributed by atoms with Crippen molar-refractivity contribution in [3.8, 4) is 0 Å². The molecule has 1 nitrogen and oxygen atoms in total. The molecule has 0 aliphatic carbocycles. The van der Waals surface area contributed by atoms with Gasteiger partial charge in [0.25, 0.3) is 0 Å². The minimum atomic E-state index is 0.650. The Morgan fingerprint density at radius 3 is 2.07 bits per heavy atom. The molecule has 0 aliphatic rings. The first-order valence-electron chi connectivity index (χ1n) is 6.14. The molecule has 0 aromatic rings. The smallest absolute Gasteiger partial charge is 0.0130 e. The van der Waals surface area contributed by atoms with Crippen LogP contribution in [0.2, 0.25) is 0 Å². The Morgan fingerprint density at radius 1 is 1.14 bits per heavy atom. The van der Waals surface area contributed by atoms with Crippen molar-refractivity contribution >= 4 is 0 Å². The van der Waals surface area contributed by atoms with Crippen molar-refractivity contribution < 1.29 is 0 Å². The fraction of sp³-hybridized carbons (Fsp3) is 0.846. The molecule has 0 saturated carbocycles. The van der Waals surface area contributed by atoms with Gasteiger partial charge in [-0.05, 0) is 31.7 Å². The zero-order chi connectivity index (χ0) is 10.8. The molecule has 0 aliphatic heterocycles. The van der Waals surface area contributed by atoms with Crippen LogP contribution in [0.1, 0.15) is 52.9 Å². The Balaban J connectivity index is 4.12. The second-order valence-electron chi connectivity index (χ2n) is 4.03. The average molecular weight is 197 g/mol. The van der Waals surface area contributed by atoms with E-state index in [-0.39, 0.29) is 0 Å². The van der Waals surface area contributed by atoms with Gasteiger partial charge in [0.1, 0.15) is 0 Å². The summed E-state index contributed by atoms with van der Waals surface area (Å²) in [7, 11) is 0. The minimum Gasteiger partial charge on any atom is -0.314 e. The van der Waals surface area contributed by atoms with E-state index < -0.39 is 0 Å². The molecule has 0 rings (SSSR count). The molecule has 0 spiro atoms. The van der Waals surface area contributed by atoms with Crippen LogP contribution < -0.4 is 5.32 Å². The van der Waals surface area contributed by atoms with Crippen molar-refractivity contribution in [1.82, 2.24) is 5.32 Å². The standard InChI is InChI=1S/C13H27N/c1-5-9-12(10-6-2)13(11-7-3)14-8-4/h7,12-14H,3,5-6,8-11H2,1-2,4H3. The van der Waals surface area contributed by atoms with Crippen LogP contribution >= 0.6 is 0 Å². The summed E-state index contributed by atoms with van der Waals surface area (Å²) in [5, 5.41) is 3.58. The van der Waals surface area contributed by atoms with Crippen LogP contribution in [0, 0.1) is 5.92 Å². The van der Waals surface area contributed by atoms with Gasteiger partial charge in [-0.3, -0.25) is 0 Å². The Bertz CT molecular complexity index is 125. The van der Waals surface area contributed by atoms with E-state index in [9.17, 15) is 0 Å². The Morgan fingerprint density at radius 2 is 1.71 bits per heavy atom. The number of rotatable bonds is 9. The third kappa shape index (κ3) is 5.43. The van der Waals surface area contributed by atoms with Gasteiger partial charge in [0, 0.05) is 6.04 Å². The lowest BCUT2D eigenvalue weighted by Gasteiger charge is -2.26. The van der Waals surface area contributed by atoms with Gasteiger partial charge in [0.05, 0.1) is 0 Å². The largest absolute Gasteiger partial charge is 0.314 e. The van der Waals surface area contributed by atoms with Crippen molar-refractivity contribution in [2.45, 2.75) is 58.9 Å². The number of hydrogen-bond acceptors (Lipinski definition) is 1. The van der Waals surface area contributed by atoms with E-state index in [2.05, 4.69) is 32.7 Å². The highest BCUT2D eigenvalue weighted by molar-refractivity contribution is 4.83. The fourth-order valence-corrected chi connectivity index (χ4v) is 2.17. The van der Waals surface area contributed by atoms with Crippen LogP contribution in [0.5, 0.6) is 0 Å². The van der Waals surface area contributed by atoms with Gasteiger partial charge in [-0.15, -0.1) is 6.58 Å². The molecule has 0 aromatic heterocycles. The van der Waals surface area contributed by atoms with E-state index in [0.717, 1.165) is 18.9 Å². The molecular weight excluding hydrogens is 170 g/mol. The van der Waals surface area contributed by atoms with Gasteiger partial charge in [0.2, 0.25) is 0 Å². The SMILES string of the molecule is C=CCC(NCC)C(CCC)CCC. The van der Waals surface area contributed by atoms with E-state index in [4.69, 9.17) is 0 Å². The molecule has 1 heteroatoms. The summed E-state index contributed by atoms with van der Waals surface area (Å²) in [6.07, 6.45) is 8.44. The van der Waals surface area contributed by atoms with Crippen LogP contribution in [0.3, 0.4) is 0 Å². The quantitative estimate of drug-likeness (QED) is 0.555. The molecule has 1 unspecified atom stereocenters. The molecule has 1 N–H and O–H groups in total. The predicted octanol–water partition coefficient (Wildman–Crippen LogP) is 3.76. The van der Waals surface area contributed by atoms with Crippen LogP contribution in [0.25, 0.3) is 0 Å². The summed E-state index contributed by atoms with van der Waals surface area (Å²) in [6.45, 7) is 11.7. The van der Waals surface area contributed by atoms with Crippen LogP contribution in [-0.4, -0.2) is 12.6 Å². The second-order valence-corrected chi connectivity index (χ2v) is 4.03. The third-order valence-electron chi connectivity index (χ3n) is 2.77. The first-order valence-corrected chi connectivity index (χ1v) is 6.14. The number of nitrogens with one attached hydrogen (secondary N) is 1. The molecule has 1 atom stereocenters. The van der Waals surface area contributed by atoms with Gasteiger partial charge >= 0.3 is 0 Å². The average Bonchev–Trinajstić information content (AvgIpc) is 2.17. The van der Waals surface area contributed by atoms with E-state index in [0.29, 0.717) is 6.04 Å². The summed E-state index contributed by atoms with van der Waals surface area (Å²) in [6, 6.07) is 0.650.